The Hall–Kier alpha value is -1.88. The van der Waals surface area contributed by atoms with Gasteiger partial charge in [0.25, 0.3) is 5.91 Å². The van der Waals surface area contributed by atoms with Gasteiger partial charge in [-0.2, -0.15) is 0 Å². The third kappa shape index (κ3) is 3.82. The summed E-state index contributed by atoms with van der Waals surface area (Å²) in [6.45, 7) is 1.91. The molecule has 0 saturated heterocycles. The predicted octanol–water partition coefficient (Wildman–Crippen LogP) is 1.81. The number of anilines is 1. The molecule has 1 saturated carbocycles. The third-order valence-electron chi connectivity index (χ3n) is 4.09. The number of amides is 2. The lowest BCUT2D eigenvalue weighted by Crippen LogP contribution is -2.29. The van der Waals surface area contributed by atoms with Gasteiger partial charge in [-0.25, -0.2) is 0 Å². The maximum absolute atomic E-state index is 12.2. The quantitative estimate of drug-likeness (QED) is 0.790. The van der Waals surface area contributed by atoms with Gasteiger partial charge >= 0.3 is 0 Å². The summed E-state index contributed by atoms with van der Waals surface area (Å²) in [6.07, 6.45) is 3.51. The summed E-state index contributed by atoms with van der Waals surface area (Å²) in [5, 5.41) is 5.44. The molecular formula is C16H23N3O2. The Morgan fingerprint density at radius 3 is 2.71 bits per heavy atom. The third-order valence-corrected chi connectivity index (χ3v) is 4.09. The van der Waals surface area contributed by atoms with E-state index in [0.29, 0.717) is 17.7 Å². The van der Waals surface area contributed by atoms with Crippen molar-refractivity contribution >= 4 is 17.5 Å². The van der Waals surface area contributed by atoms with Crippen LogP contribution in [0.25, 0.3) is 0 Å². The van der Waals surface area contributed by atoms with Gasteiger partial charge in [0.05, 0.1) is 11.3 Å². The molecular weight excluding hydrogens is 266 g/mol. The zero-order valence-corrected chi connectivity index (χ0v) is 12.6. The fourth-order valence-electron chi connectivity index (χ4n) is 2.85. The van der Waals surface area contributed by atoms with Crippen molar-refractivity contribution in [2.45, 2.75) is 38.6 Å². The van der Waals surface area contributed by atoms with E-state index in [1.165, 1.54) is 0 Å². The molecule has 2 atom stereocenters. The molecule has 5 heteroatoms. The lowest BCUT2D eigenvalue weighted by atomic mass is 9.99. The van der Waals surface area contributed by atoms with E-state index in [2.05, 4.69) is 10.6 Å². The Kier molecular flexibility index (Phi) is 4.96. The fraction of sp³-hybridized carbons (Fsp3) is 0.500. The van der Waals surface area contributed by atoms with Crippen LogP contribution in [0.2, 0.25) is 0 Å². The van der Waals surface area contributed by atoms with Crippen molar-refractivity contribution in [2.75, 3.05) is 12.4 Å². The normalized spacial score (nSPS) is 21.1. The number of rotatable bonds is 4. The lowest BCUT2D eigenvalue weighted by molar-refractivity contribution is -0.117. The largest absolute Gasteiger partial charge is 0.355 e. The monoisotopic (exact) mass is 289 g/mol. The second-order valence-electron chi connectivity index (χ2n) is 5.74. The van der Waals surface area contributed by atoms with Crippen LogP contribution >= 0.6 is 0 Å². The Morgan fingerprint density at radius 1 is 1.33 bits per heavy atom. The minimum atomic E-state index is -0.202. The van der Waals surface area contributed by atoms with Gasteiger partial charge in [-0.05, 0) is 37.8 Å². The zero-order chi connectivity index (χ0) is 15.4. The molecule has 0 radical (unpaired) electrons. The standard InChI is InChI=1S/C16H23N3O2/c1-10-6-7-14(12(8-10)16(21)18-2)19-15(20)9-11-4-3-5-13(11)17/h6-8,11,13H,3-5,9,17H2,1-2H3,(H,18,21)(H,19,20)/t11-,13+/m0/s1. The van der Waals surface area contributed by atoms with E-state index in [-0.39, 0.29) is 23.8 Å². The van der Waals surface area contributed by atoms with E-state index in [1.807, 2.05) is 13.0 Å². The van der Waals surface area contributed by atoms with Gasteiger partial charge < -0.3 is 16.4 Å². The number of nitrogens with one attached hydrogen (secondary N) is 2. The van der Waals surface area contributed by atoms with E-state index < -0.39 is 0 Å². The van der Waals surface area contributed by atoms with Crippen LogP contribution in [0.15, 0.2) is 18.2 Å². The average Bonchev–Trinajstić information content (AvgIpc) is 2.85. The van der Waals surface area contributed by atoms with Crippen LogP contribution in [-0.4, -0.2) is 24.9 Å². The minimum absolute atomic E-state index is 0.0774. The first-order valence-electron chi connectivity index (χ1n) is 7.39. The zero-order valence-electron chi connectivity index (χ0n) is 12.6. The van der Waals surface area contributed by atoms with Crippen molar-refractivity contribution in [1.82, 2.24) is 5.32 Å². The second-order valence-corrected chi connectivity index (χ2v) is 5.74. The first kappa shape index (κ1) is 15.5. The number of hydrogen-bond acceptors (Lipinski definition) is 3. The van der Waals surface area contributed by atoms with Crippen LogP contribution in [-0.2, 0) is 4.79 Å². The topological polar surface area (TPSA) is 84.2 Å². The summed E-state index contributed by atoms with van der Waals surface area (Å²) in [7, 11) is 1.58. The molecule has 0 heterocycles. The van der Waals surface area contributed by atoms with Gasteiger partial charge in [0, 0.05) is 19.5 Å². The highest BCUT2D eigenvalue weighted by atomic mass is 16.2. The van der Waals surface area contributed by atoms with Crippen molar-refractivity contribution < 1.29 is 9.59 Å². The summed E-state index contributed by atoms with van der Waals surface area (Å²) >= 11 is 0. The number of benzene rings is 1. The first-order chi connectivity index (χ1) is 10.0. The molecule has 0 spiro atoms. The van der Waals surface area contributed by atoms with Gasteiger partial charge in [0.1, 0.15) is 0 Å². The predicted molar refractivity (Wildman–Crippen MR) is 83.1 cm³/mol. The minimum Gasteiger partial charge on any atom is -0.355 e. The number of hydrogen-bond donors (Lipinski definition) is 3. The molecule has 1 aliphatic carbocycles. The summed E-state index contributed by atoms with van der Waals surface area (Å²) in [6, 6.07) is 5.54. The molecule has 2 rings (SSSR count). The lowest BCUT2D eigenvalue weighted by Gasteiger charge is -2.16. The van der Waals surface area contributed by atoms with E-state index >= 15 is 0 Å². The van der Waals surface area contributed by atoms with Crippen molar-refractivity contribution in [3.63, 3.8) is 0 Å². The molecule has 0 unspecified atom stereocenters. The highest BCUT2D eigenvalue weighted by molar-refractivity contribution is 6.03. The maximum atomic E-state index is 12.2. The molecule has 2 amide bonds. The van der Waals surface area contributed by atoms with Gasteiger partial charge in [0.15, 0.2) is 0 Å². The van der Waals surface area contributed by atoms with Gasteiger partial charge in [0.2, 0.25) is 5.91 Å². The molecule has 0 aliphatic heterocycles. The van der Waals surface area contributed by atoms with Crippen molar-refractivity contribution in [1.29, 1.82) is 0 Å². The SMILES string of the molecule is CNC(=O)c1cc(C)ccc1NC(=O)C[C@@H]1CCC[C@H]1N. The number of aryl methyl sites for hydroxylation is 1. The highest BCUT2D eigenvalue weighted by Gasteiger charge is 2.26. The molecule has 0 bridgehead atoms. The van der Waals surface area contributed by atoms with E-state index in [1.54, 1.807) is 19.2 Å². The van der Waals surface area contributed by atoms with Gasteiger partial charge in [-0.1, -0.05) is 18.1 Å². The number of nitrogens with two attached hydrogens (primary N) is 1. The molecule has 21 heavy (non-hydrogen) atoms. The Labute approximate surface area is 125 Å². The Bertz CT molecular complexity index is 542. The Balaban J connectivity index is 2.08. The molecule has 5 nitrogen and oxygen atoms in total. The van der Waals surface area contributed by atoms with E-state index in [0.717, 1.165) is 24.8 Å². The molecule has 4 N–H and O–H groups in total. The van der Waals surface area contributed by atoms with Crippen molar-refractivity contribution in [3.8, 4) is 0 Å². The van der Waals surface area contributed by atoms with Crippen LogP contribution in [0.5, 0.6) is 0 Å². The molecule has 114 valence electrons. The van der Waals surface area contributed by atoms with Crippen LogP contribution in [0.3, 0.4) is 0 Å². The molecule has 1 aliphatic rings. The maximum Gasteiger partial charge on any atom is 0.253 e. The summed E-state index contributed by atoms with van der Waals surface area (Å²) < 4.78 is 0. The van der Waals surface area contributed by atoms with Gasteiger partial charge in [-0.15, -0.1) is 0 Å². The summed E-state index contributed by atoms with van der Waals surface area (Å²) in [4.78, 5) is 24.0. The van der Waals surface area contributed by atoms with E-state index in [9.17, 15) is 9.59 Å². The molecule has 1 fully saturated rings. The fourth-order valence-corrected chi connectivity index (χ4v) is 2.85. The summed E-state index contributed by atoms with van der Waals surface area (Å²) in [5.41, 5.74) is 8.01. The van der Waals surface area contributed by atoms with E-state index in [4.69, 9.17) is 5.73 Å². The van der Waals surface area contributed by atoms with Crippen molar-refractivity contribution in [3.05, 3.63) is 29.3 Å². The number of carbonyl (C=O) groups excluding carboxylic acids is 2. The second kappa shape index (κ2) is 6.72. The number of carbonyl (C=O) groups is 2. The van der Waals surface area contributed by atoms with Crippen molar-refractivity contribution in [2.24, 2.45) is 11.7 Å². The van der Waals surface area contributed by atoms with Gasteiger partial charge in [-0.3, -0.25) is 9.59 Å². The van der Waals surface area contributed by atoms with Crippen LogP contribution in [0.4, 0.5) is 5.69 Å². The Morgan fingerprint density at radius 2 is 2.10 bits per heavy atom. The molecule has 1 aromatic rings. The first-order valence-corrected chi connectivity index (χ1v) is 7.39. The smallest absolute Gasteiger partial charge is 0.253 e. The average molecular weight is 289 g/mol. The molecule has 1 aromatic carbocycles. The van der Waals surface area contributed by atoms with Crippen LogP contribution in [0, 0.1) is 12.8 Å². The van der Waals surface area contributed by atoms with Crippen LogP contribution < -0.4 is 16.4 Å². The van der Waals surface area contributed by atoms with Crippen LogP contribution in [0.1, 0.15) is 41.6 Å². The summed E-state index contributed by atoms with van der Waals surface area (Å²) in [5.74, 6) is -0.0307. The highest BCUT2D eigenvalue weighted by Crippen LogP contribution is 2.27. The molecule has 0 aromatic heterocycles.